The Kier molecular flexibility index (Phi) is 2.95. The topological polar surface area (TPSA) is 96.4 Å². The summed E-state index contributed by atoms with van der Waals surface area (Å²) < 4.78 is 0. The third-order valence-corrected chi connectivity index (χ3v) is 3.30. The van der Waals surface area contributed by atoms with E-state index in [0.717, 1.165) is 17.2 Å². The Bertz CT molecular complexity index is 845. The molecule has 0 radical (unpaired) electrons. The molecule has 0 saturated carbocycles. The molecule has 5 heteroatoms. The van der Waals surface area contributed by atoms with E-state index in [9.17, 15) is 9.90 Å². The smallest absolute Gasteiger partial charge is 0.354 e. The van der Waals surface area contributed by atoms with Crippen LogP contribution in [0.3, 0.4) is 0 Å². The van der Waals surface area contributed by atoms with Gasteiger partial charge in [0.05, 0.1) is 11.2 Å². The summed E-state index contributed by atoms with van der Waals surface area (Å²) in [5, 5.41) is 19.4. The van der Waals surface area contributed by atoms with Gasteiger partial charge in [0, 0.05) is 17.0 Å². The number of fused-ring (bicyclic) bond motifs is 1. The lowest BCUT2D eigenvalue weighted by atomic mass is 10.0. The van der Waals surface area contributed by atoms with E-state index in [2.05, 4.69) is 4.98 Å². The third-order valence-electron chi connectivity index (χ3n) is 3.30. The molecule has 0 aliphatic heterocycles. The molecule has 0 aliphatic carbocycles. The van der Waals surface area contributed by atoms with Crippen LogP contribution in [-0.2, 0) is 0 Å². The zero-order valence-corrected chi connectivity index (χ0v) is 10.9. The van der Waals surface area contributed by atoms with E-state index in [1.807, 2.05) is 30.3 Å². The van der Waals surface area contributed by atoms with E-state index in [4.69, 9.17) is 10.8 Å². The van der Waals surface area contributed by atoms with E-state index >= 15 is 0 Å². The summed E-state index contributed by atoms with van der Waals surface area (Å²) in [5.74, 6) is -1.36. The summed E-state index contributed by atoms with van der Waals surface area (Å²) in [7, 11) is 0. The molecule has 1 aromatic heterocycles. The molecule has 0 unspecified atom stereocenters. The molecule has 3 aromatic rings. The standard InChI is InChI=1S/C16H12N2O3/c17-14-10(9-4-2-1-3-5-9)6-7-11-13(19)8-12(16(20)21)18-15(11)14/h1-8H,17H2,(H,18,19)(H,20,21). The number of carbonyl (C=O) groups is 1. The number of aromatic nitrogens is 1. The van der Waals surface area contributed by atoms with Crippen molar-refractivity contribution in [2.75, 3.05) is 5.73 Å². The van der Waals surface area contributed by atoms with Crippen molar-refractivity contribution in [3.8, 4) is 16.9 Å². The van der Waals surface area contributed by atoms with E-state index in [0.29, 0.717) is 11.1 Å². The first-order chi connectivity index (χ1) is 10.1. The Morgan fingerprint density at radius 3 is 2.48 bits per heavy atom. The fourth-order valence-electron chi connectivity index (χ4n) is 2.27. The van der Waals surface area contributed by atoms with Gasteiger partial charge in [0.1, 0.15) is 5.75 Å². The second-order valence-electron chi connectivity index (χ2n) is 4.62. The molecule has 5 nitrogen and oxygen atoms in total. The lowest BCUT2D eigenvalue weighted by Crippen LogP contribution is -2.02. The molecule has 3 rings (SSSR count). The summed E-state index contributed by atoms with van der Waals surface area (Å²) >= 11 is 0. The molecular weight excluding hydrogens is 268 g/mol. The van der Waals surface area contributed by atoms with Gasteiger partial charge in [-0.2, -0.15) is 0 Å². The predicted molar refractivity (Wildman–Crippen MR) is 80.2 cm³/mol. The predicted octanol–water partition coefficient (Wildman–Crippen LogP) is 2.89. The van der Waals surface area contributed by atoms with E-state index in [1.54, 1.807) is 12.1 Å². The van der Waals surface area contributed by atoms with Crippen molar-refractivity contribution in [1.82, 2.24) is 4.98 Å². The summed E-state index contributed by atoms with van der Waals surface area (Å²) in [4.78, 5) is 15.1. The van der Waals surface area contributed by atoms with E-state index in [1.165, 1.54) is 0 Å². The minimum absolute atomic E-state index is 0.149. The lowest BCUT2D eigenvalue weighted by molar-refractivity contribution is 0.0690. The van der Waals surface area contributed by atoms with Crippen LogP contribution in [0.2, 0.25) is 0 Å². The molecule has 0 fully saturated rings. The molecule has 0 spiro atoms. The van der Waals surface area contributed by atoms with Crippen LogP contribution in [0.25, 0.3) is 22.0 Å². The number of aromatic hydroxyl groups is 1. The SMILES string of the molecule is Nc1c(-c2ccccc2)ccc2c(O)cc(C(=O)O)nc12. The highest BCUT2D eigenvalue weighted by atomic mass is 16.4. The largest absolute Gasteiger partial charge is 0.507 e. The molecule has 0 bridgehead atoms. The average molecular weight is 280 g/mol. The first-order valence-corrected chi connectivity index (χ1v) is 6.29. The van der Waals surface area contributed by atoms with E-state index in [-0.39, 0.29) is 17.0 Å². The molecule has 0 atom stereocenters. The van der Waals surface area contributed by atoms with Gasteiger partial charge in [0.25, 0.3) is 0 Å². The molecule has 2 aromatic carbocycles. The van der Waals surface area contributed by atoms with Gasteiger partial charge in [0.15, 0.2) is 5.69 Å². The maximum absolute atomic E-state index is 11.0. The van der Waals surface area contributed by atoms with Crippen molar-refractivity contribution in [3.05, 3.63) is 54.2 Å². The summed E-state index contributed by atoms with van der Waals surface area (Å²) in [6.45, 7) is 0. The number of nitrogen functional groups attached to an aromatic ring is 1. The van der Waals surface area contributed by atoms with Gasteiger partial charge >= 0.3 is 5.97 Å². The van der Waals surface area contributed by atoms with Gasteiger partial charge < -0.3 is 15.9 Å². The van der Waals surface area contributed by atoms with E-state index < -0.39 is 5.97 Å². The Morgan fingerprint density at radius 1 is 1.10 bits per heavy atom. The highest BCUT2D eigenvalue weighted by Crippen LogP contribution is 2.35. The number of hydrogen-bond donors (Lipinski definition) is 3. The van der Waals surface area contributed by atoms with Crippen LogP contribution in [0.4, 0.5) is 5.69 Å². The van der Waals surface area contributed by atoms with Gasteiger partial charge in [-0.3, -0.25) is 0 Å². The van der Waals surface area contributed by atoms with Gasteiger partial charge in [-0.05, 0) is 11.6 Å². The van der Waals surface area contributed by atoms with Crippen LogP contribution in [0.5, 0.6) is 5.75 Å². The van der Waals surface area contributed by atoms with Crippen molar-refractivity contribution >= 4 is 22.6 Å². The van der Waals surface area contributed by atoms with Crippen LogP contribution >= 0.6 is 0 Å². The minimum Gasteiger partial charge on any atom is -0.507 e. The number of nitrogens with zero attached hydrogens (tertiary/aromatic N) is 1. The van der Waals surface area contributed by atoms with Crippen molar-refractivity contribution in [3.63, 3.8) is 0 Å². The molecule has 21 heavy (non-hydrogen) atoms. The summed E-state index contributed by atoms with van der Waals surface area (Å²) in [5.41, 5.74) is 8.16. The molecule has 1 heterocycles. The number of aromatic carboxylic acids is 1. The third kappa shape index (κ3) is 2.14. The van der Waals surface area contributed by atoms with Crippen LogP contribution in [0.1, 0.15) is 10.5 Å². The molecule has 0 aliphatic rings. The zero-order valence-electron chi connectivity index (χ0n) is 10.9. The van der Waals surface area contributed by atoms with Crippen molar-refractivity contribution in [2.45, 2.75) is 0 Å². The number of rotatable bonds is 2. The van der Waals surface area contributed by atoms with Crippen LogP contribution in [-0.4, -0.2) is 21.2 Å². The van der Waals surface area contributed by atoms with Gasteiger partial charge in [-0.15, -0.1) is 0 Å². The lowest BCUT2D eigenvalue weighted by Gasteiger charge is -2.10. The second-order valence-corrected chi connectivity index (χ2v) is 4.62. The number of nitrogens with two attached hydrogens (primary N) is 1. The maximum Gasteiger partial charge on any atom is 0.354 e. The Balaban J connectivity index is 2.32. The molecule has 0 saturated heterocycles. The number of anilines is 1. The number of hydrogen-bond acceptors (Lipinski definition) is 4. The normalized spacial score (nSPS) is 10.7. The van der Waals surface area contributed by atoms with Crippen molar-refractivity contribution in [1.29, 1.82) is 0 Å². The number of benzene rings is 2. The Hall–Kier alpha value is -3.08. The highest BCUT2D eigenvalue weighted by molar-refractivity contribution is 6.02. The molecular formula is C16H12N2O3. The maximum atomic E-state index is 11.0. The fourth-order valence-corrected chi connectivity index (χ4v) is 2.27. The van der Waals surface area contributed by atoms with Crippen molar-refractivity contribution < 1.29 is 15.0 Å². The fraction of sp³-hybridized carbons (Fsp3) is 0. The van der Waals surface area contributed by atoms with Gasteiger partial charge in [-0.25, -0.2) is 9.78 Å². The van der Waals surface area contributed by atoms with Gasteiger partial charge in [-0.1, -0.05) is 36.4 Å². The quantitative estimate of drug-likeness (QED) is 0.627. The first-order valence-electron chi connectivity index (χ1n) is 6.29. The molecule has 104 valence electrons. The zero-order chi connectivity index (χ0) is 15.0. The number of pyridine rings is 1. The summed E-state index contributed by atoms with van der Waals surface area (Å²) in [6.07, 6.45) is 0. The second kappa shape index (κ2) is 4.79. The Morgan fingerprint density at radius 2 is 1.81 bits per heavy atom. The molecule has 4 N–H and O–H groups in total. The average Bonchev–Trinajstić information content (AvgIpc) is 2.49. The van der Waals surface area contributed by atoms with Crippen LogP contribution in [0, 0.1) is 0 Å². The van der Waals surface area contributed by atoms with Crippen molar-refractivity contribution in [2.24, 2.45) is 0 Å². The highest BCUT2D eigenvalue weighted by Gasteiger charge is 2.14. The number of carboxylic acid groups (broad SMARTS) is 1. The Labute approximate surface area is 120 Å². The minimum atomic E-state index is -1.21. The first kappa shape index (κ1) is 12.9. The van der Waals surface area contributed by atoms with Crippen LogP contribution in [0.15, 0.2) is 48.5 Å². The van der Waals surface area contributed by atoms with Crippen LogP contribution < -0.4 is 5.73 Å². The number of carboxylic acids is 1. The van der Waals surface area contributed by atoms with Gasteiger partial charge in [0.2, 0.25) is 0 Å². The molecule has 0 amide bonds. The monoisotopic (exact) mass is 280 g/mol. The summed E-state index contributed by atoms with van der Waals surface area (Å²) in [6, 6.07) is 14.1.